The molecule has 6 heteroatoms. The number of halogens is 3. The second-order valence-electron chi connectivity index (χ2n) is 5.00. The van der Waals surface area contributed by atoms with Crippen LogP contribution in [-0.2, 0) is 0 Å². The van der Waals surface area contributed by atoms with Crippen molar-refractivity contribution in [3.05, 3.63) is 11.8 Å². The summed E-state index contributed by atoms with van der Waals surface area (Å²) >= 11 is 0. The van der Waals surface area contributed by atoms with Gasteiger partial charge in [-0.25, -0.2) is 4.68 Å². The minimum absolute atomic E-state index is 0.0507. The Morgan fingerprint density at radius 1 is 1.41 bits per heavy atom. The van der Waals surface area contributed by atoms with Gasteiger partial charge in [0.15, 0.2) is 6.04 Å². The number of aromatic nitrogens is 2. The zero-order valence-electron chi connectivity index (χ0n) is 9.46. The van der Waals surface area contributed by atoms with Crippen LogP contribution in [0.4, 0.5) is 19.0 Å². The summed E-state index contributed by atoms with van der Waals surface area (Å²) < 4.78 is 40.1. The van der Waals surface area contributed by atoms with E-state index in [1.807, 2.05) is 0 Å². The Kier molecular flexibility index (Phi) is 2.18. The normalized spacial score (nSPS) is 28.7. The second-order valence-corrected chi connectivity index (χ2v) is 5.00. The highest BCUT2D eigenvalue weighted by atomic mass is 19.4. The molecular formula is C11H14F3N3. The van der Waals surface area contributed by atoms with E-state index >= 15 is 0 Å². The molecule has 1 aromatic rings. The molecule has 3 rings (SSSR count). The average molecular weight is 245 g/mol. The first-order chi connectivity index (χ1) is 7.95. The van der Waals surface area contributed by atoms with Crippen molar-refractivity contribution in [3.8, 4) is 0 Å². The second kappa shape index (κ2) is 3.40. The van der Waals surface area contributed by atoms with Crippen LogP contribution in [0.1, 0.15) is 31.0 Å². The van der Waals surface area contributed by atoms with Crippen molar-refractivity contribution in [2.45, 2.75) is 44.4 Å². The maximum atomic E-state index is 13.0. The molecule has 3 nitrogen and oxygen atoms in total. The molecule has 1 aliphatic heterocycles. The van der Waals surface area contributed by atoms with Crippen LogP contribution in [0.25, 0.3) is 0 Å². The van der Waals surface area contributed by atoms with E-state index < -0.39 is 12.2 Å². The predicted octanol–water partition coefficient (Wildman–Crippen LogP) is 2.89. The summed E-state index contributed by atoms with van der Waals surface area (Å²) in [5, 5.41) is 7.13. The molecule has 1 aliphatic carbocycles. The van der Waals surface area contributed by atoms with Crippen LogP contribution in [0.5, 0.6) is 0 Å². The molecule has 1 N–H and O–H groups in total. The lowest BCUT2D eigenvalue weighted by atomic mass is 10.0. The van der Waals surface area contributed by atoms with E-state index in [4.69, 9.17) is 0 Å². The Labute approximate surface area is 97.0 Å². The third-order valence-electron chi connectivity index (χ3n) is 3.53. The first kappa shape index (κ1) is 10.9. The molecule has 1 fully saturated rings. The third kappa shape index (κ3) is 1.89. The molecule has 17 heavy (non-hydrogen) atoms. The maximum absolute atomic E-state index is 13.0. The lowest BCUT2D eigenvalue weighted by molar-refractivity contribution is -0.174. The molecule has 1 saturated carbocycles. The van der Waals surface area contributed by atoms with E-state index in [9.17, 15) is 13.2 Å². The van der Waals surface area contributed by atoms with Crippen LogP contribution in [0.3, 0.4) is 0 Å². The molecule has 2 atom stereocenters. The number of hydrogen-bond donors (Lipinski definition) is 1. The van der Waals surface area contributed by atoms with Gasteiger partial charge in [-0.15, -0.1) is 0 Å². The number of aryl methyl sites for hydroxylation is 1. The monoisotopic (exact) mass is 245 g/mol. The van der Waals surface area contributed by atoms with Gasteiger partial charge >= 0.3 is 6.18 Å². The van der Waals surface area contributed by atoms with Gasteiger partial charge in [-0.2, -0.15) is 18.3 Å². The van der Waals surface area contributed by atoms with Crippen LogP contribution in [0, 0.1) is 12.8 Å². The Bertz CT molecular complexity index is 434. The lowest BCUT2D eigenvalue weighted by Crippen LogP contribution is -2.40. The van der Waals surface area contributed by atoms with Gasteiger partial charge in [0.2, 0.25) is 0 Å². The van der Waals surface area contributed by atoms with E-state index in [-0.39, 0.29) is 12.5 Å². The molecule has 0 aromatic carbocycles. The zero-order valence-corrected chi connectivity index (χ0v) is 9.46. The fourth-order valence-electron chi connectivity index (χ4n) is 2.53. The highest BCUT2D eigenvalue weighted by Gasteiger charge is 2.48. The Morgan fingerprint density at radius 3 is 2.71 bits per heavy atom. The quantitative estimate of drug-likeness (QED) is 0.824. The van der Waals surface area contributed by atoms with Gasteiger partial charge in [0.25, 0.3) is 0 Å². The van der Waals surface area contributed by atoms with Crippen molar-refractivity contribution in [1.29, 1.82) is 0 Å². The molecule has 2 heterocycles. The molecule has 94 valence electrons. The summed E-state index contributed by atoms with van der Waals surface area (Å²) in [4.78, 5) is 0. The minimum atomic E-state index is -4.22. The smallest absolute Gasteiger partial charge is 0.367 e. The SMILES string of the molecule is Cc1cc2n(n1)[C@@H](C(F)(F)F)C[C@@H](C1CC1)N2. The average Bonchev–Trinajstić information content (AvgIpc) is 2.97. The van der Waals surface area contributed by atoms with Gasteiger partial charge in [0, 0.05) is 12.1 Å². The first-order valence-electron chi connectivity index (χ1n) is 5.84. The fourth-order valence-corrected chi connectivity index (χ4v) is 2.53. The molecule has 1 aromatic heterocycles. The van der Waals surface area contributed by atoms with Crippen molar-refractivity contribution in [2.75, 3.05) is 5.32 Å². The summed E-state index contributed by atoms with van der Waals surface area (Å²) in [7, 11) is 0. The number of alkyl halides is 3. The van der Waals surface area contributed by atoms with Crippen molar-refractivity contribution in [2.24, 2.45) is 5.92 Å². The highest BCUT2D eigenvalue weighted by molar-refractivity contribution is 5.41. The summed E-state index contributed by atoms with van der Waals surface area (Å²) in [5.41, 5.74) is 0.623. The number of nitrogens with zero attached hydrogens (tertiary/aromatic N) is 2. The topological polar surface area (TPSA) is 29.9 Å². The molecule has 2 aliphatic rings. The number of hydrogen-bond acceptors (Lipinski definition) is 2. The molecule has 0 bridgehead atoms. The van der Waals surface area contributed by atoms with Gasteiger partial charge in [-0.05, 0) is 32.1 Å². The van der Waals surface area contributed by atoms with Crippen LogP contribution in [0.15, 0.2) is 6.07 Å². The minimum Gasteiger partial charge on any atom is -0.367 e. The Hall–Kier alpha value is -1.20. The van der Waals surface area contributed by atoms with Gasteiger partial charge in [0.1, 0.15) is 5.82 Å². The molecule has 0 radical (unpaired) electrons. The number of fused-ring (bicyclic) bond motifs is 1. The summed E-state index contributed by atoms with van der Waals surface area (Å²) in [6.45, 7) is 1.71. The van der Waals surface area contributed by atoms with Crippen molar-refractivity contribution in [3.63, 3.8) is 0 Å². The van der Waals surface area contributed by atoms with Crippen LogP contribution in [0.2, 0.25) is 0 Å². The third-order valence-corrected chi connectivity index (χ3v) is 3.53. The van der Waals surface area contributed by atoms with Crippen LogP contribution < -0.4 is 5.32 Å². The van der Waals surface area contributed by atoms with Crippen molar-refractivity contribution < 1.29 is 13.2 Å². The lowest BCUT2D eigenvalue weighted by Gasteiger charge is -2.33. The van der Waals surface area contributed by atoms with Gasteiger partial charge < -0.3 is 5.32 Å². The Balaban J connectivity index is 1.96. The standard InChI is InChI=1S/C11H14F3N3/c1-6-4-10-15-8(7-2-3-7)5-9(11(12,13)14)17(10)16-6/h4,7-9,15H,2-3,5H2,1H3/t8-,9+/m0/s1. The summed E-state index contributed by atoms with van der Waals surface area (Å²) in [6.07, 6.45) is -2.05. The Morgan fingerprint density at radius 2 is 2.12 bits per heavy atom. The molecular weight excluding hydrogens is 231 g/mol. The van der Waals surface area contributed by atoms with Crippen LogP contribution >= 0.6 is 0 Å². The number of rotatable bonds is 1. The fraction of sp³-hybridized carbons (Fsp3) is 0.727. The van der Waals surface area contributed by atoms with E-state index in [2.05, 4.69) is 10.4 Å². The molecule has 0 amide bonds. The largest absolute Gasteiger partial charge is 0.410 e. The maximum Gasteiger partial charge on any atom is 0.410 e. The van der Waals surface area contributed by atoms with E-state index in [0.717, 1.165) is 17.5 Å². The van der Waals surface area contributed by atoms with E-state index in [1.165, 1.54) is 0 Å². The van der Waals surface area contributed by atoms with E-state index in [0.29, 0.717) is 17.4 Å². The van der Waals surface area contributed by atoms with Crippen LogP contribution in [-0.4, -0.2) is 22.0 Å². The summed E-state index contributed by atoms with van der Waals surface area (Å²) in [5.74, 6) is 0.914. The first-order valence-corrected chi connectivity index (χ1v) is 5.84. The van der Waals surface area contributed by atoms with Gasteiger partial charge in [-0.1, -0.05) is 0 Å². The van der Waals surface area contributed by atoms with Crippen molar-refractivity contribution >= 4 is 5.82 Å². The zero-order chi connectivity index (χ0) is 12.2. The molecule has 0 unspecified atom stereocenters. The highest BCUT2D eigenvalue weighted by Crippen LogP contribution is 2.45. The number of nitrogens with one attached hydrogen (secondary N) is 1. The summed E-state index contributed by atoms with van der Waals surface area (Å²) in [6, 6.07) is 0.163. The molecule has 0 saturated heterocycles. The van der Waals surface area contributed by atoms with Gasteiger partial charge in [-0.3, -0.25) is 0 Å². The number of anilines is 1. The molecule has 0 spiro atoms. The van der Waals surface area contributed by atoms with E-state index in [1.54, 1.807) is 13.0 Å². The van der Waals surface area contributed by atoms with Gasteiger partial charge in [0.05, 0.1) is 5.69 Å². The van der Waals surface area contributed by atoms with Crippen molar-refractivity contribution in [1.82, 2.24) is 9.78 Å². The predicted molar refractivity (Wildman–Crippen MR) is 56.8 cm³/mol.